The fourth-order valence-electron chi connectivity index (χ4n) is 1.71. The van der Waals surface area contributed by atoms with Crippen molar-refractivity contribution in [1.29, 1.82) is 0 Å². The van der Waals surface area contributed by atoms with Crippen LogP contribution in [0, 0.1) is 6.92 Å². The molecule has 0 spiro atoms. The zero-order valence-electron chi connectivity index (χ0n) is 12.1. The molecule has 1 unspecified atom stereocenters. The number of nitrogens with one attached hydrogen (secondary N) is 1. The Labute approximate surface area is 123 Å². The Hall–Kier alpha value is -1.12. The average molecular weight is 324 g/mol. The Bertz CT molecular complexity index is 556. The number of benzene rings is 1. The highest BCUT2D eigenvalue weighted by molar-refractivity contribution is 7.87. The maximum atomic E-state index is 12.1. The van der Waals surface area contributed by atoms with E-state index in [0.29, 0.717) is 6.42 Å². The number of alkyl halides is 3. The summed E-state index contributed by atoms with van der Waals surface area (Å²) in [5.74, 6) is 0. The first kappa shape index (κ1) is 17.9. The SMILES string of the molecule is Cc1ccc(CC(C)N(C)S(=O)(=O)NCC(F)(F)F)cc1. The summed E-state index contributed by atoms with van der Waals surface area (Å²) in [5.41, 5.74) is 2.00. The van der Waals surface area contributed by atoms with Gasteiger partial charge in [-0.2, -0.15) is 30.6 Å². The molecule has 0 aliphatic rings. The van der Waals surface area contributed by atoms with Crippen LogP contribution in [0.4, 0.5) is 13.2 Å². The minimum absolute atomic E-state index is 0.420. The summed E-state index contributed by atoms with van der Waals surface area (Å²) in [6, 6.07) is 7.08. The van der Waals surface area contributed by atoms with Crippen LogP contribution < -0.4 is 4.72 Å². The van der Waals surface area contributed by atoms with Gasteiger partial charge in [0.05, 0.1) is 0 Å². The highest BCUT2D eigenvalue weighted by Crippen LogP contribution is 2.15. The highest BCUT2D eigenvalue weighted by atomic mass is 32.2. The summed E-state index contributed by atoms with van der Waals surface area (Å²) >= 11 is 0. The number of hydrogen-bond donors (Lipinski definition) is 1. The molecule has 1 aromatic rings. The standard InChI is InChI=1S/C13H19F3N2O2S/c1-10-4-6-12(7-5-10)8-11(2)18(3)21(19,20)17-9-13(14,15)16/h4-7,11,17H,8-9H2,1-3H3. The summed E-state index contributed by atoms with van der Waals surface area (Å²) in [5, 5.41) is 0. The van der Waals surface area contributed by atoms with Gasteiger partial charge < -0.3 is 0 Å². The van der Waals surface area contributed by atoms with Gasteiger partial charge in [-0.25, -0.2) is 0 Å². The molecule has 8 heteroatoms. The van der Waals surface area contributed by atoms with Crippen LogP contribution >= 0.6 is 0 Å². The number of likely N-dealkylation sites (N-methyl/N-ethyl adjacent to an activating group) is 1. The van der Waals surface area contributed by atoms with E-state index >= 15 is 0 Å². The van der Waals surface area contributed by atoms with E-state index in [-0.39, 0.29) is 0 Å². The van der Waals surface area contributed by atoms with Crippen molar-refractivity contribution in [1.82, 2.24) is 9.03 Å². The van der Waals surface area contributed by atoms with Crippen molar-refractivity contribution >= 4 is 10.2 Å². The van der Waals surface area contributed by atoms with Crippen molar-refractivity contribution < 1.29 is 21.6 Å². The topological polar surface area (TPSA) is 49.4 Å². The Kier molecular flexibility index (Phi) is 5.77. The lowest BCUT2D eigenvalue weighted by Gasteiger charge is -2.25. The lowest BCUT2D eigenvalue weighted by Crippen LogP contribution is -2.46. The minimum Gasteiger partial charge on any atom is -0.195 e. The molecule has 0 amide bonds. The van der Waals surface area contributed by atoms with E-state index in [9.17, 15) is 21.6 Å². The normalized spacial score (nSPS) is 14.4. The molecule has 1 aromatic carbocycles. The van der Waals surface area contributed by atoms with Crippen LogP contribution in [0.5, 0.6) is 0 Å². The first-order valence-corrected chi connectivity index (χ1v) is 7.80. The van der Waals surface area contributed by atoms with Crippen LogP contribution in [-0.2, 0) is 16.6 Å². The molecule has 1 N–H and O–H groups in total. The second-order valence-corrected chi connectivity index (χ2v) is 6.81. The Morgan fingerprint density at radius 2 is 1.76 bits per heavy atom. The lowest BCUT2D eigenvalue weighted by molar-refractivity contribution is -0.121. The van der Waals surface area contributed by atoms with E-state index in [0.717, 1.165) is 15.4 Å². The van der Waals surface area contributed by atoms with Gasteiger partial charge in [-0.05, 0) is 25.8 Å². The zero-order valence-corrected chi connectivity index (χ0v) is 12.9. The molecule has 1 atom stereocenters. The van der Waals surface area contributed by atoms with E-state index < -0.39 is 29.0 Å². The van der Waals surface area contributed by atoms with Crippen molar-refractivity contribution in [2.75, 3.05) is 13.6 Å². The van der Waals surface area contributed by atoms with Gasteiger partial charge in [0, 0.05) is 13.1 Å². The molecular formula is C13H19F3N2O2S. The van der Waals surface area contributed by atoms with Crippen molar-refractivity contribution in [2.24, 2.45) is 0 Å². The lowest BCUT2D eigenvalue weighted by atomic mass is 10.1. The number of halogens is 3. The number of aryl methyl sites for hydroxylation is 1. The first-order valence-electron chi connectivity index (χ1n) is 6.36. The quantitative estimate of drug-likeness (QED) is 0.872. The van der Waals surface area contributed by atoms with Crippen molar-refractivity contribution in [2.45, 2.75) is 32.5 Å². The molecule has 0 aliphatic heterocycles. The molecule has 1 rings (SSSR count). The van der Waals surface area contributed by atoms with Crippen LogP contribution in [0.1, 0.15) is 18.1 Å². The predicted octanol–water partition coefficient (Wildman–Crippen LogP) is 2.25. The highest BCUT2D eigenvalue weighted by Gasteiger charge is 2.32. The molecule has 0 heterocycles. The van der Waals surface area contributed by atoms with E-state index in [1.165, 1.54) is 7.05 Å². The fourth-order valence-corrected chi connectivity index (χ4v) is 2.80. The first-order chi connectivity index (χ1) is 9.51. The number of rotatable bonds is 6. The Morgan fingerprint density at radius 1 is 1.24 bits per heavy atom. The Morgan fingerprint density at radius 3 is 2.24 bits per heavy atom. The molecule has 120 valence electrons. The van der Waals surface area contributed by atoms with Gasteiger partial charge in [0.25, 0.3) is 10.2 Å². The van der Waals surface area contributed by atoms with E-state index in [4.69, 9.17) is 0 Å². The summed E-state index contributed by atoms with van der Waals surface area (Å²) < 4.78 is 62.3. The van der Waals surface area contributed by atoms with Crippen molar-refractivity contribution in [3.8, 4) is 0 Å². The van der Waals surface area contributed by atoms with E-state index in [1.54, 1.807) is 11.6 Å². The van der Waals surface area contributed by atoms with Gasteiger partial charge in [0.1, 0.15) is 6.54 Å². The van der Waals surface area contributed by atoms with Crippen LogP contribution in [0.2, 0.25) is 0 Å². The fraction of sp³-hybridized carbons (Fsp3) is 0.538. The van der Waals surface area contributed by atoms with Crippen LogP contribution in [0.25, 0.3) is 0 Å². The van der Waals surface area contributed by atoms with Gasteiger partial charge >= 0.3 is 6.18 Å². The second-order valence-electron chi connectivity index (χ2n) is 5.00. The van der Waals surface area contributed by atoms with Gasteiger partial charge in [-0.3, -0.25) is 0 Å². The molecule has 0 bridgehead atoms. The van der Waals surface area contributed by atoms with Gasteiger partial charge in [0.15, 0.2) is 0 Å². The monoisotopic (exact) mass is 324 g/mol. The molecule has 21 heavy (non-hydrogen) atoms. The second kappa shape index (κ2) is 6.76. The van der Waals surface area contributed by atoms with E-state index in [2.05, 4.69) is 0 Å². The number of nitrogens with zero attached hydrogens (tertiary/aromatic N) is 1. The molecule has 0 radical (unpaired) electrons. The average Bonchev–Trinajstić information content (AvgIpc) is 2.37. The summed E-state index contributed by atoms with van der Waals surface area (Å²) in [6.45, 7) is 2.01. The Balaban J connectivity index is 2.68. The summed E-state index contributed by atoms with van der Waals surface area (Å²) in [7, 11) is -2.90. The third-order valence-electron chi connectivity index (χ3n) is 3.11. The van der Waals surface area contributed by atoms with Crippen LogP contribution in [-0.4, -0.2) is 38.5 Å². The molecule has 0 aromatic heterocycles. The largest absolute Gasteiger partial charge is 0.402 e. The van der Waals surface area contributed by atoms with Gasteiger partial charge in [-0.1, -0.05) is 29.8 Å². The maximum Gasteiger partial charge on any atom is 0.402 e. The van der Waals surface area contributed by atoms with Crippen LogP contribution in [0.3, 0.4) is 0 Å². The smallest absolute Gasteiger partial charge is 0.195 e. The maximum absolute atomic E-state index is 12.1. The van der Waals surface area contributed by atoms with Gasteiger partial charge in [-0.15, -0.1) is 0 Å². The molecule has 0 saturated heterocycles. The molecule has 0 saturated carbocycles. The summed E-state index contributed by atoms with van der Waals surface area (Å²) in [4.78, 5) is 0. The van der Waals surface area contributed by atoms with E-state index in [1.807, 2.05) is 31.2 Å². The molecule has 0 fully saturated rings. The van der Waals surface area contributed by atoms with Gasteiger partial charge in [0.2, 0.25) is 0 Å². The minimum atomic E-state index is -4.58. The third kappa shape index (κ3) is 6.03. The number of hydrogen-bond acceptors (Lipinski definition) is 2. The molecule has 0 aliphatic carbocycles. The molecular weight excluding hydrogens is 305 g/mol. The summed E-state index contributed by atoms with van der Waals surface area (Å²) in [6.07, 6.45) is -4.15. The van der Waals surface area contributed by atoms with Crippen molar-refractivity contribution in [3.63, 3.8) is 0 Å². The third-order valence-corrected chi connectivity index (χ3v) is 4.73. The van der Waals surface area contributed by atoms with Crippen molar-refractivity contribution in [3.05, 3.63) is 35.4 Å². The zero-order chi connectivity index (χ0) is 16.3. The van der Waals surface area contributed by atoms with Crippen LogP contribution in [0.15, 0.2) is 24.3 Å². The predicted molar refractivity (Wildman–Crippen MR) is 75.1 cm³/mol. The molecule has 4 nitrogen and oxygen atoms in total.